The molecule has 0 unspecified atom stereocenters. The van der Waals surface area contributed by atoms with Gasteiger partial charge in [-0.1, -0.05) is 18.6 Å². The maximum atomic E-state index is 11.9. The van der Waals surface area contributed by atoms with Gasteiger partial charge < -0.3 is 19.5 Å². The Kier molecular flexibility index (Phi) is 5.37. The van der Waals surface area contributed by atoms with Crippen molar-refractivity contribution in [3.8, 4) is 11.9 Å². The maximum absolute atomic E-state index is 11.9. The summed E-state index contributed by atoms with van der Waals surface area (Å²) in [4.78, 5) is 11.2. The van der Waals surface area contributed by atoms with Crippen molar-refractivity contribution in [2.45, 2.75) is 44.1 Å². The zero-order valence-corrected chi connectivity index (χ0v) is 16.4. The Hall–Kier alpha value is -1.66. The lowest BCUT2D eigenvalue weighted by atomic mass is 9.63. The molecule has 2 bridgehead atoms. The topological polar surface area (TPSA) is 67.7 Å². The van der Waals surface area contributed by atoms with E-state index in [0.29, 0.717) is 5.88 Å². The van der Waals surface area contributed by atoms with Gasteiger partial charge in [-0.15, -0.1) is 0 Å². The predicted molar refractivity (Wildman–Crippen MR) is 103 cm³/mol. The molecule has 0 aromatic carbocycles. The fraction of sp³-hybridized carbons (Fsp3) is 0.714. The van der Waals surface area contributed by atoms with Gasteiger partial charge in [0.05, 0.1) is 19.8 Å². The van der Waals surface area contributed by atoms with E-state index in [1.807, 2.05) is 0 Å². The normalized spacial score (nSPS) is 33.7. The van der Waals surface area contributed by atoms with Crippen LogP contribution in [0.15, 0.2) is 18.3 Å². The van der Waals surface area contributed by atoms with E-state index in [1.165, 1.54) is 32.8 Å². The number of fused-ring (bicyclic) bond motifs is 2. The lowest BCUT2D eigenvalue weighted by Crippen LogP contribution is -2.58. The maximum Gasteiger partial charge on any atom is 0.319 e. The Balaban J connectivity index is 1.58. The second-order valence-electron chi connectivity index (χ2n) is 8.30. The van der Waals surface area contributed by atoms with Gasteiger partial charge in [0.1, 0.15) is 5.60 Å². The van der Waals surface area contributed by atoms with Gasteiger partial charge in [0, 0.05) is 37.7 Å². The number of ether oxygens (including phenoxy) is 2. The van der Waals surface area contributed by atoms with E-state index in [4.69, 9.17) is 9.47 Å². The molecule has 1 saturated heterocycles. The quantitative estimate of drug-likeness (QED) is 0.801. The second-order valence-corrected chi connectivity index (χ2v) is 8.30. The molecule has 1 N–H and O–H groups in total. The van der Waals surface area contributed by atoms with Crippen molar-refractivity contribution in [3.05, 3.63) is 23.9 Å². The summed E-state index contributed by atoms with van der Waals surface area (Å²) in [6.45, 7) is 3.01. The zero-order chi connectivity index (χ0) is 18.9. The van der Waals surface area contributed by atoms with Crippen molar-refractivity contribution in [2.75, 3.05) is 33.9 Å². The molecule has 0 spiro atoms. The first-order valence-corrected chi connectivity index (χ1v) is 10.2. The Morgan fingerprint density at radius 2 is 1.93 bits per heavy atom. The Bertz CT molecular complexity index is 679. The third kappa shape index (κ3) is 3.45. The van der Waals surface area contributed by atoms with E-state index in [2.05, 4.69) is 27.0 Å². The molecule has 3 aliphatic rings. The molecule has 148 valence electrons. The van der Waals surface area contributed by atoms with Crippen LogP contribution < -0.4 is 9.47 Å². The van der Waals surface area contributed by atoms with Crippen LogP contribution in [-0.4, -0.2) is 53.8 Å². The minimum Gasteiger partial charge on any atom is -0.481 e. The molecule has 4 rings (SSSR count). The molecule has 27 heavy (non-hydrogen) atoms. The van der Waals surface area contributed by atoms with Crippen molar-refractivity contribution in [1.29, 1.82) is 0 Å². The van der Waals surface area contributed by atoms with Gasteiger partial charge >= 0.3 is 6.01 Å². The number of nitrogens with zero attached hydrogens (tertiary/aromatic N) is 3. The van der Waals surface area contributed by atoms with Crippen LogP contribution >= 0.6 is 0 Å². The molecule has 2 fully saturated rings. The largest absolute Gasteiger partial charge is 0.481 e. The molecule has 6 nitrogen and oxygen atoms in total. The Labute approximate surface area is 161 Å². The van der Waals surface area contributed by atoms with Crippen LogP contribution in [0.2, 0.25) is 0 Å². The third-order valence-corrected chi connectivity index (χ3v) is 6.74. The van der Waals surface area contributed by atoms with Crippen molar-refractivity contribution in [3.63, 3.8) is 0 Å². The van der Waals surface area contributed by atoms with E-state index in [0.717, 1.165) is 44.0 Å². The van der Waals surface area contributed by atoms with Crippen LogP contribution in [0.3, 0.4) is 0 Å². The van der Waals surface area contributed by atoms with Crippen molar-refractivity contribution in [2.24, 2.45) is 17.8 Å². The van der Waals surface area contributed by atoms with Crippen LogP contribution in [0, 0.1) is 17.8 Å². The second kappa shape index (κ2) is 7.76. The van der Waals surface area contributed by atoms with Crippen LogP contribution in [0.1, 0.15) is 44.1 Å². The number of methoxy groups -OCH3 is 2. The molecular weight excluding hydrogens is 342 g/mol. The van der Waals surface area contributed by atoms with Gasteiger partial charge in [-0.25, -0.2) is 4.98 Å². The van der Waals surface area contributed by atoms with Gasteiger partial charge in [0.2, 0.25) is 5.88 Å². The summed E-state index contributed by atoms with van der Waals surface area (Å²) in [6, 6.07) is 0.271. The fourth-order valence-electron chi connectivity index (χ4n) is 5.40. The number of rotatable bonds is 5. The van der Waals surface area contributed by atoms with E-state index in [-0.39, 0.29) is 17.8 Å². The van der Waals surface area contributed by atoms with Gasteiger partial charge in [0.25, 0.3) is 0 Å². The summed E-state index contributed by atoms with van der Waals surface area (Å²) in [5.41, 5.74) is -0.195. The molecule has 0 radical (unpaired) electrons. The highest BCUT2D eigenvalue weighted by atomic mass is 16.5. The Morgan fingerprint density at radius 3 is 2.56 bits per heavy atom. The molecule has 1 aromatic rings. The molecule has 2 aliphatic carbocycles. The number of likely N-dealkylation sites (tertiary alicyclic amines) is 1. The first-order valence-electron chi connectivity index (χ1n) is 10.2. The fourth-order valence-corrected chi connectivity index (χ4v) is 5.40. The van der Waals surface area contributed by atoms with Crippen molar-refractivity contribution < 1.29 is 14.6 Å². The van der Waals surface area contributed by atoms with E-state index >= 15 is 0 Å². The summed E-state index contributed by atoms with van der Waals surface area (Å²) in [5, 5.41) is 11.9. The average Bonchev–Trinajstić information content (AvgIpc) is 2.69. The van der Waals surface area contributed by atoms with Crippen LogP contribution in [-0.2, 0) is 5.60 Å². The number of piperidine rings is 1. The number of hydrogen-bond acceptors (Lipinski definition) is 6. The van der Waals surface area contributed by atoms with Gasteiger partial charge in [-0.05, 0) is 38.0 Å². The van der Waals surface area contributed by atoms with Gasteiger partial charge in [-0.3, -0.25) is 0 Å². The minimum atomic E-state index is -0.918. The van der Waals surface area contributed by atoms with Crippen LogP contribution in [0.25, 0.3) is 0 Å². The number of aliphatic hydroxyl groups is 1. The van der Waals surface area contributed by atoms with Gasteiger partial charge in [-0.2, -0.15) is 4.98 Å². The Morgan fingerprint density at radius 1 is 1.15 bits per heavy atom. The van der Waals surface area contributed by atoms with Crippen molar-refractivity contribution >= 4 is 0 Å². The molecule has 2 heterocycles. The van der Waals surface area contributed by atoms with E-state index in [1.54, 1.807) is 13.3 Å². The summed E-state index contributed by atoms with van der Waals surface area (Å²) < 4.78 is 10.6. The minimum absolute atomic E-state index is 0.190. The highest BCUT2D eigenvalue weighted by Gasteiger charge is 2.53. The average molecular weight is 373 g/mol. The number of aromatic nitrogens is 2. The standard InChI is InChI=1S/C21H31N3O3/c1-26-19-18(11-22-20(23-19)27-2)21(25)16-9-6-10-17(21)14-24(13-16)12-15-7-4-3-5-8-15/h3-4,11,15-17,25H,5-10,12-14H2,1-2H3/t15-,16-,17-/m0/s1. The van der Waals surface area contributed by atoms with Crippen molar-refractivity contribution in [1.82, 2.24) is 14.9 Å². The molecule has 3 atom stereocenters. The molecular formula is C21H31N3O3. The highest BCUT2D eigenvalue weighted by Crippen LogP contribution is 2.51. The predicted octanol–water partition coefficient (Wildman–Crippen LogP) is 2.77. The molecule has 1 saturated carbocycles. The first-order chi connectivity index (χ1) is 13.1. The van der Waals surface area contributed by atoms with Gasteiger partial charge in [0.15, 0.2) is 0 Å². The number of allylic oxidation sites excluding steroid dienone is 2. The summed E-state index contributed by atoms with van der Waals surface area (Å²) in [6.07, 6.45) is 13.3. The molecule has 0 amide bonds. The van der Waals surface area contributed by atoms with E-state index < -0.39 is 5.60 Å². The molecule has 1 aromatic heterocycles. The van der Waals surface area contributed by atoms with E-state index in [9.17, 15) is 5.11 Å². The lowest BCUT2D eigenvalue weighted by molar-refractivity contribution is -0.150. The number of hydrogen-bond donors (Lipinski definition) is 1. The van der Waals surface area contributed by atoms with Crippen LogP contribution in [0.5, 0.6) is 11.9 Å². The SMILES string of the molecule is COc1ncc(C2(O)[C@H]3CCC[C@H]2CN(C[C@H]2CC=CCC2)C3)c(OC)n1. The summed E-state index contributed by atoms with van der Waals surface area (Å²) >= 11 is 0. The highest BCUT2D eigenvalue weighted by molar-refractivity contribution is 5.34. The first kappa shape index (κ1) is 18.7. The molecule has 6 heteroatoms. The van der Waals surface area contributed by atoms with Crippen LogP contribution in [0.4, 0.5) is 0 Å². The smallest absolute Gasteiger partial charge is 0.319 e. The summed E-state index contributed by atoms with van der Waals surface area (Å²) in [7, 11) is 3.13. The summed E-state index contributed by atoms with van der Waals surface area (Å²) in [5.74, 6) is 1.57. The third-order valence-electron chi connectivity index (χ3n) is 6.74. The monoisotopic (exact) mass is 373 g/mol. The molecule has 1 aliphatic heterocycles. The lowest BCUT2D eigenvalue weighted by Gasteiger charge is -2.53. The zero-order valence-electron chi connectivity index (χ0n) is 16.4.